The molecule has 3 heterocycles. The van der Waals surface area contributed by atoms with Gasteiger partial charge in [-0.3, -0.25) is 9.67 Å². The minimum Gasteiger partial charge on any atom is -0.345 e. The van der Waals surface area contributed by atoms with Crippen molar-refractivity contribution < 1.29 is 4.39 Å². The van der Waals surface area contributed by atoms with Crippen molar-refractivity contribution >= 4 is 21.8 Å². The maximum atomic E-state index is 14.5. The van der Waals surface area contributed by atoms with E-state index in [1.807, 2.05) is 65.2 Å². The summed E-state index contributed by atoms with van der Waals surface area (Å²) in [4.78, 5) is 4.78. The van der Waals surface area contributed by atoms with Crippen LogP contribution in [0.1, 0.15) is 5.56 Å². The number of hydrogen-bond donors (Lipinski definition) is 1. The predicted octanol–water partition coefficient (Wildman–Crippen LogP) is 4.23. The van der Waals surface area contributed by atoms with Gasteiger partial charge in [-0.05, 0) is 35.9 Å². The molecule has 0 fully saturated rings. The minimum absolute atomic E-state index is 0.0166. The zero-order valence-electron chi connectivity index (χ0n) is 16.9. The predicted molar refractivity (Wildman–Crippen MR) is 119 cm³/mol. The van der Waals surface area contributed by atoms with Crippen LogP contribution in [0.4, 0.5) is 4.39 Å². The second-order valence-corrected chi connectivity index (χ2v) is 7.43. The fourth-order valence-electron chi connectivity index (χ4n) is 4.08. The SMILES string of the molecule is Cn1ncc2cc(-c3ncc4c(ccn4CCN)c3-c3ccc(C#N)c(F)c3)ccc21. The van der Waals surface area contributed by atoms with Gasteiger partial charge in [-0.1, -0.05) is 12.1 Å². The van der Waals surface area contributed by atoms with Crippen LogP contribution in [0.15, 0.2) is 61.1 Å². The summed E-state index contributed by atoms with van der Waals surface area (Å²) < 4.78 is 18.4. The number of fused-ring (bicyclic) bond motifs is 2. The smallest absolute Gasteiger partial charge is 0.141 e. The molecule has 0 amide bonds. The first kappa shape index (κ1) is 19.0. The third-order valence-electron chi connectivity index (χ3n) is 5.60. The Morgan fingerprint density at radius 3 is 2.68 bits per heavy atom. The number of halogens is 1. The summed E-state index contributed by atoms with van der Waals surface area (Å²) in [6, 6.07) is 14.6. The molecule has 2 aromatic carbocycles. The Morgan fingerprint density at radius 2 is 1.90 bits per heavy atom. The molecule has 31 heavy (non-hydrogen) atoms. The molecule has 7 heteroatoms. The van der Waals surface area contributed by atoms with Gasteiger partial charge in [-0.2, -0.15) is 10.4 Å². The molecule has 3 aromatic heterocycles. The molecule has 152 valence electrons. The summed E-state index contributed by atoms with van der Waals surface area (Å²) >= 11 is 0. The average Bonchev–Trinajstić information content (AvgIpc) is 3.36. The highest BCUT2D eigenvalue weighted by Crippen LogP contribution is 2.38. The summed E-state index contributed by atoms with van der Waals surface area (Å²) in [6.07, 6.45) is 5.62. The van der Waals surface area contributed by atoms with Gasteiger partial charge in [0.25, 0.3) is 0 Å². The van der Waals surface area contributed by atoms with E-state index in [1.165, 1.54) is 12.1 Å². The Morgan fingerprint density at radius 1 is 1.06 bits per heavy atom. The molecule has 0 saturated carbocycles. The summed E-state index contributed by atoms with van der Waals surface area (Å²) in [5.74, 6) is -0.549. The summed E-state index contributed by atoms with van der Waals surface area (Å²) in [5, 5.41) is 15.4. The zero-order valence-corrected chi connectivity index (χ0v) is 16.9. The highest BCUT2D eigenvalue weighted by molar-refractivity contribution is 6.02. The molecule has 5 aromatic rings. The van der Waals surface area contributed by atoms with Gasteiger partial charge in [0.1, 0.15) is 11.9 Å². The van der Waals surface area contributed by atoms with Crippen LogP contribution >= 0.6 is 0 Å². The molecule has 2 N–H and O–H groups in total. The topological polar surface area (TPSA) is 85.4 Å². The van der Waals surface area contributed by atoms with Crippen molar-refractivity contribution in [3.8, 4) is 28.5 Å². The molecular weight excluding hydrogens is 391 g/mol. The molecule has 0 radical (unpaired) electrons. The van der Waals surface area contributed by atoms with Gasteiger partial charge in [0.2, 0.25) is 0 Å². The minimum atomic E-state index is -0.549. The van der Waals surface area contributed by atoms with E-state index in [-0.39, 0.29) is 5.56 Å². The van der Waals surface area contributed by atoms with E-state index in [0.29, 0.717) is 18.7 Å². The van der Waals surface area contributed by atoms with Crippen LogP contribution in [-0.4, -0.2) is 25.9 Å². The average molecular weight is 410 g/mol. The van der Waals surface area contributed by atoms with Crippen molar-refractivity contribution in [1.29, 1.82) is 5.26 Å². The van der Waals surface area contributed by atoms with E-state index in [1.54, 1.807) is 6.07 Å². The first-order valence-corrected chi connectivity index (χ1v) is 9.91. The second kappa shape index (κ2) is 7.35. The number of aromatic nitrogens is 4. The fraction of sp³-hybridized carbons (Fsp3) is 0.125. The van der Waals surface area contributed by atoms with E-state index in [4.69, 9.17) is 16.0 Å². The van der Waals surface area contributed by atoms with Crippen LogP contribution in [-0.2, 0) is 13.6 Å². The molecule has 5 rings (SSSR count). The molecular formula is C24H19FN6. The lowest BCUT2D eigenvalue weighted by atomic mass is 9.95. The Balaban J connectivity index is 1.80. The lowest BCUT2D eigenvalue weighted by Gasteiger charge is -2.13. The lowest BCUT2D eigenvalue weighted by Crippen LogP contribution is -2.08. The van der Waals surface area contributed by atoms with Crippen LogP contribution < -0.4 is 5.73 Å². The fourth-order valence-corrected chi connectivity index (χ4v) is 4.08. The normalized spacial score (nSPS) is 11.3. The van der Waals surface area contributed by atoms with Gasteiger partial charge in [0.15, 0.2) is 0 Å². The second-order valence-electron chi connectivity index (χ2n) is 7.43. The van der Waals surface area contributed by atoms with Gasteiger partial charge in [0.05, 0.1) is 34.7 Å². The molecule has 0 spiro atoms. The Labute approximate surface area is 178 Å². The first-order valence-electron chi connectivity index (χ1n) is 9.91. The van der Waals surface area contributed by atoms with Crippen molar-refractivity contribution in [1.82, 2.24) is 19.3 Å². The van der Waals surface area contributed by atoms with Crippen molar-refractivity contribution in [2.24, 2.45) is 12.8 Å². The quantitative estimate of drug-likeness (QED) is 0.481. The molecule has 0 atom stereocenters. The number of hydrogen-bond acceptors (Lipinski definition) is 4. The number of pyridine rings is 1. The van der Waals surface area contributed by atoms with Crippen molar-refractivity contribution in [2.45, 2.75) is 6.54 Å². The van der Waals surface area contributed by atoms with Crippen molar-refractivity contribution in [3.05, 3.63) is 72.4 Å². The Hall–Kier alpha value is -4.02. The molecule has 0 aliphatic rings. The molecule has 0 aliphatic heterocycles. The van der Waals surface area contributed by atoms with Crippen LogP contribution in [0.5, 0.6) is 0 Å². The Kier molecular flexibility index (Phi) is 4.50. The molecule has 6 nitrogen and oxygen atoms in total. The summed E-state index contributed by atoms with van der Waals surface area (Å²) in [5.41, 5.74) is 10.9. The third-order valence-corrected chi connectivity index (χ3v) is 5.60. The van der Waals surface area contributed by atoms with E-state index in [2.05, 4.69) is 5.10 Å². The van der Waals surface area contributed by atoms with Crippen LogP contribution in [0.2, 0.25) is 0 Å². The molecule has 0 unspecified atom stereocenters. The van der Waals surface area contributed by atoms with Gasteiger partial charge in [-0.15, -0.1) is 0 Å². The van der Waals surface area contributed by atoms with E-state index in [0.717, 1.165) is 38.6 Å². The maximum absolute atomic E-state index is 14.5. The first-order chi connectivity index (χ1) is 15.1. The number of rotatable bonds is 4. The number of nitrogens with two attached hydrogens (primary N) is 1. The largest absolute Gasteiger partial charge is 0.345 e. The summed E-state index contributed by atoms with van der Waals surface area (Å²) in [6.45, 7) is 1.16. The van der Waals surface area contributed by atoms with Crippen LogP contribution in [0, 0.1) is 17.1 Å². The number of nitrogens with zero attached hydrogens (tertiary/aromatic N) is 5. The number of benzene rings is 2. The van der Waals surface area contributed by atoms with E-state index >= 15 is 0 Å². The molecule has 0 aliphatic carbocycles. The molecule has 0 bridgehead atoms. The van der Waals surface area contributed by atoms with E-state index in [9.17, 15) is 4.39 Å². The van der Waals surface area contributed by atoms with E-state index < -0.39 is 5.82 Å². The molecule has 0 saturated heterocycles. The third kappa shape index (κ3) is 3.05. The van der Waals surface area contributed by atoms with Gasteiger partial charge >= 0.3 is 0 Å². The zero-order chi connectivity index (χ0) is 21.5. The Bertz CT molecular complexity index is 1490. The summed E-state index contributed by atoms with van der Waals surface area (Å²) in [7, 11) is 1.90. The lowest BCUT2D eigenvalue weighted by molar-refractivity contribution is 0.624. The monoisotopic (exact) mass is 410 g/mol. The number of aryl methyl sites for hydroxylation is 1. The highest BCUT2D eigenvalue weighted by Gasteiger charge is 2.18. The van der Waals surface area contributed by atoms with Gasteiger partial charge in [-0.25, -0.2) is 4.39 Å². The van der Waals surface area contributed by atoms with Crippen molar-refractivity contribution in [2.75, 3.05) is 6.54 Å². The standard InChI is InChI=1S/C24H19FN6/c1-30-21-5-4-16(10-18(21)13-29-30)24-23(15-2-3-17(12-27)20(25)11-15)19-6-8-31(9-7-26)22(19)14-28-24/h2-6,8,10-11,13-14H,7,9,26H2,1H3. The highest BCUT2D eigenvalue weighted by atomic mass is 19.1. The van der Waals surface area contributed by atoms with Gasteiger partial charge in [0, 0.05) is 48.2 Å². The van der Waals surface area contributed by atoms with Crippen LogP contribution in [0.3, 0.4) is 0 Å². The van der Waals surface area contributed by atoms with Crippen LogP contribution in [0.25, 0.3) is 44.2 Å². The van der Waals surface area contributed by atoms with Gasteiger partial charge < -0.3 is 10.3 Å². The van der Waals surface area contributed by atoms with Crippen molar-refractivity contribution in [3.63, 3.8) is 0 Å². The number of nitriles is 1. The maximum Gasteiger partial charge on any atom is 0.141 e.